The van der Waals surface area contributed by atoms with Crippen LogP contribution in [-0.4, -0.2) is 24.3 Å². The molecule has 0 aliphatic heterocycles. The summed E-state index contributed by atoms with van der Waals surface area (Å²) in [6.07, 6.45) is 1.56. The number of carbonyl (C=O) groups is 1. The maximum Gasteiger partial charge on any atom is 0.424 e. The van der Waals surface area contributed by atoms with Crippen LogP contribution in [0.5, 0.6) is 0 Å². The Morgan fingerprint density at radius 1 is 1.78 bits per heavy atom. The highest BCUT2D eigenvalue weighted by atomic mass is 16.5. The third-order valence-electron chi connectivity index (χ3n) is 1.33. The Morgan fingerprint density at radius 2 is 2.33 bits per heavy atom. The Balaban J connectivity index is 2.30. The van der Waals surface area contributed by atoms with E-state index in [2.05, 4.69) is 4.74 Å². The molecule has 52 valence electrons. The Bertz CT molecular complexity index is 122. The molecule has 2 N–H and O–H groups in total. The first-order chi connectivity index (χ1) is 4.25. The van der Waals surface area contributed by atoms with E-state index < -0.39 is 6.09 Å². The van der Waals surface area contributed by atoms with Crippen LogP contribution in [0.25, 0.3) is 0 Å². The van der Waals surface area contributed by atoms with Crippen molar-refractivity contribution in [3.05, 3.63) is 0 Å². The van der Waals surface area contributed by atoms with Crippen LogP contribution < -0.4 is 5.84 Å². The van der Waals surface area contributed by atoms with Crippen LogP contribution in [0.2, 0.25) is 0 Å². The number of amides is 1. The van der Waals surface area contributed by atoms with E-state index in [0.717, 1.165) is 17.9 Å². The molecule has 1 amide bonds. The van der Waals surface area contributed by atoms with Gasteiger partial charge in [-0.1, -0.05) is 0 Å². The summed E-state index contributed by atoms with van der Waals surface area (Å²) in [7, 11) is 1.32. The van der Waals surface area contributed by atoms with Gasteiger partial charge in [-0.25, -0.2) is 15.6 Å². The maximum atomic E-state index is 10.6. The first-order valence-electron chi connectivity index (χ1n) is 2.87. The zero-order valence-electron chi connectivity index (χ0n) is 5.33. The monoisotopic (exact) mass is 130 g/mol. The van der Waals surface area contributed by atoms with Gasteiger partial charge in [0, 0.05) is 0 Å². The average Bonchev–Trinajstić information content (AvgIpc) is 2.66. The lowest BCUT2D eigenvalue weighted by Crippen LogP contribution is -2.39. The number of hydrogen-bond acceptors (Lipinski definition) is 3. The lowest BCUT2D eigenvalue weighted by Gasteiger charge is -2.12. The van der Waals surface area contributed by atoms with Gasteiger partial charge < -0.3 is 4.74 Å². The number of carbonyl (C=O) groups excluding carboxylic acids is 1. The number of nitrogens with two attached hydrogens (primary N) is 1. The van der Waals surface area contributed by atoms with E-state index in [4.69, 9.17) is 5.84 Å². The Hall–Kier alpha value is -0.770. The number of hydrazine groups is 1. The molecule has 0 radical (unpaired) electrons. The minimum Gasteiger partial charge on any atom is -0.452 e. The van der Waals surface area contributed by atoms with E-state index in [9.17, 15) is 4.79 Å². The first-order valence-corrected chi connectivity index (χ1v) is 2.87. The zero-order valence-corrected chi connectivity index (χ0v) is 5.33. The van der Waals surface area contributed by atoms with Gasteiger partial charge in [0.25, 0.3) is 0 Å². The van der Waals surface area contributed by atoms with Crippen LogP contribution in [-0.2, 0) is 4.74 Å². The predicted molar refractivity (Wildman–Crippen MR) is 31.5 cm³/mol. The summed E-state index contributed by atoms with van der Waals surface area (Å²) in [5.41, 5.74) is 0. The highest BCUT2D eigenvalue weighted by molar-refractivity contribution is 5.67. The molecule has 4 heteroatoms. The lowest BCUT2D eigenvalue weighted by molar-refractivity contribution is 0.121. The zero-order chi connectivity index (χ0) is 6.85. The normalized spacial score (nSPS) is 17.1. The number of methoxy groups -OCH3 is 1. The fourth-order valence-corrected chi connectivity index (χ4v) is 0.607. The minimum atomic E-state index is -0.447. The van der Waals surface area contributed by atoms with Crippen LogP contribution in [0.4, 0.5) is 4.79 Å². The predicted octanol–water partition coefficient (Wildman–Crippen LogP) is 0.0909. The Kier molecular flexibility index (Phi) is 1.57. The summed E-state index contributed by atoms with van der Waals surface area (Å²) in [5.74, 6) is 5.29. The van der Waals surface area contributed by atoms with E-state index in [1.807, 2.05) is 0 Å². The smallest absolute Gasteiger partial charge is 0.424 e. The van der Waals surface area contributed by atoms with Crippen molar-refractivity contribution in [1.29, 1.82) is 0 Å². The van der Waals surface area contributed by atoms with Gasteiger partial charge in [-0.05, 0) is 12.8 Å². The highest BCUT2D eigenvalue weighted by Crippen LogP contribution is 2.24. The van der Waals surface area contributed by atoms with Crippen LogP contribution >= 0.6 is 0 Å². The summed E-state index contributed by atoms with van der Waals surface area (Å²) in [6, 6.07) is 0.234. The van der Waals surface area contributed by atoms with Crippen molar-refractivity contribution in [2.24, 2.45) is 5.84 Å². The fraction of sp³-hybridized carbons (Fsp3) is 0.800. The summed E-state index contributed by atoms with van der Waals surface area (Å²) >= 11 is 0. The molecule has 1 aliphatic rings. The van der Waals surface area contributed by atoms with Gasteiger partial charge in [0.2, 0.25) is 0 Å². The van der Waals surface area contributed by atoms with Gasteiger partial charge >= 0.3 is 6.09 Å². The molecule has 1 saturated carbocycles. The standard InChI is InChI=1S/C5H10N2O2/c1-9-5(8)7(6)4-2-3-4/h4H,2-3,6H2,1H3. The molecule has 0 spiro atoms. The van der Waals surface area contributed by atoms with Crippen LogP contribution in [0.15, 0.2) is 0 Å². The topological polar surface area (TPSA) is 55.6 Å². The van der Waals surface area contributed by atoms with Crippen molar-refractivity contribution in [2.45, 2.75) is 18.9 Å². The van der Waals surface area contributed by atoms with Gasteiger partial charge in [0.05, 0.1) is 13.2 Å². The molecule has 1 aliphatic carbocycles. The van der Waals surface area contributed by atoms with Crippen LogP contribution in [0, 0.1) is 0 Å². The van der Waals surface area contributed by atoms with Crippen molar-refractivity contribution in [3.63, 3.8) is 0 Å². The van der Waals surface area contributed by atoms with Gasteiger partial charge in [0.15, 0.2) is 0 Å². The van der Waals surface area contributed by atoms with Gasteiger partial charge in [-0.2, -0.15) is 0 Å². The average molecular weight is 130 g/mol. The summed E-state index contributed by atoms with van der Waals surface area (Å²) in [4.78, 5) is 10.6. The van der Waals surface area contributed by atoms with Crippen molar-refractivity contribution < 1.29 is 9.53 Å². The molecule has 0 unspecified atom stereocenters. The number of rotatable bonds is 1. The first kappa shape index (κ1) is 6.35. The van der Waals surface area contributed by atoms with Crippen molar-refractivity contribution >= 4 is 6.09 Å². The molecule has 4 nitrogen and oxygen atoms in total. The molecule has 0 heterocycles. The molecular formula is C5H10N2O2. The second-order valence-electron chi connectivity index (χ2n) is 2.11. The van der Waals surface area contributed by atoms with Gasteiger partial charge in [-0.15, -0.1) is 0 Å². The third kappa shape index (κ3) is 1.32. The van der Waals surface area contributed by atoms with Crippen LogP contribution in [0.1, 0.15) is 12.8 Å². The Morgan fingerprint density at radius 3 is 2.67 bits per heavy atom. The van der Waals surface area contributed by atoms with Crippen molar-refractivity contribution in [3.8, 4) is 0 Å². The number of nitrogens with zero attached hydrogens (tertiary/aromatic N) is 1. The number of hydrogen-bond donors (Lipinski definition) is 1. The molecule has 9 heavy (non-hydrogen) atoms. The maximum absolute atomic E-state index is 10.6. The van der Waals surface area contributed by atoms with E-state index >= 15 is 0 Å². The van der Waals surface area contributed by atoms with Crippen molar-refractivity contribution in [1.82, 2.24) is 5.01 Å². The lowest BCUT2D eigenvalue weighted by atomic mass is 10.7. The van der Waals surface area contributed by atoms with Gasteiger partial charge in [0.1, 0.15) is 0 Å². The van der Waals surface area contributed by atoms with Crippen molar-refractivity contribution in [2.75, 3.05) is 7.11 Å². The third-order valence-corrected chi connectivity index (χ3v) is 1.33. The second kappa shape index (κ2) is 2.23. The molecule has 0 atom stereocenters. The molecule has 0 aromatic rings. The number of ether oxygens (including phenoxy) is 1. The minimum absolute atomic E-state index is 0.234. The fourth-order valence-electron chi connectivity index (χ4n) is 0.607. The van der Waals surface area contributed by atoms with Gasteiger partial charge in [-0.3, -0.25) is 0 Å². The molecule has 0 aromatic carbocycles. The van der Waals surface area contributed by atoms with E-state index in [1.165, 1.54) is 7.11 Å². The molecule has 0 aromatic heterocycles. The highest BCUT2D eigenvalue weighted by Gasteiger charge is 2.30. The molecule has 1 rings (SSSR count). The molecule has 0 saturated heterocycles. The quantitative estimate of drug-likeness (QED) is 0.311. The van der Waals surface area contributed by atoms with Crippen LogP contribution in [0.3, 0.4) is 0 Å². The summed E-state index contributed by atoms with van der Waals surface area (Å²) < 4.78 is 4.38. The molecule has 0 bridgehead atoms. The van der Waals surface area contributed by atoms with E-state index in [-0.39, 0.29) is 6.04 Å². The summed E-state index contributed by atoms with van der Waals surface area (Å²) in [6.45, 7) is 0. The summed E-state index contributed by atoms with van der Waals surface area (Å²) in [5, 5.41) is 1.14. The second-order valence-corrected chi connectivity index (χ2v) is 2.11. The SMILES string of the molecule is COC(=O)N(N)C1CC1. The largest absolute Gasteiger partial charge is 0.452 e. The van der Waals surface area contributed by atoms with E-state index in [1.54, 1.807) is 0 Å². The van der Waals surface area contributed by atoms with E-state index in [0.29, 0.717) is 0 Å². The molecular weight excluding hydrogens is 120 g/mol. The Labute approximate surface area is 53.5 Å². The molecule has 1 fully saturated rings.